The zero-order valence-corrected chi connectivity index (χ0v) is 8.87. The lowest BCUT2D eigenvalue weighted by Gasteiger charge is -2.08. The highest BCUT2D eigenvalue weighted by atomic mass is 32.1. The Bertz CT molecular complexity index is 262. The van der Waals surface area contributed by atoms with Gasteiger partial charge in [-0.2, -0.15) is 12.6 Å². The third-order valence-electron chi connectivity index (χ3n) is 1.43. The molecule has 0 unspecified atom stereocenters. The van der Waals surface area contributed by atoms with Crippen molar-refractivity contribution < 1.29 is 0 Å². The van der Waals surface area contributed by atoms with Gasteiger partial charge in [0.15, 0.2) is 5.11 Å². The van der Waals surface area contributed by atoms with Gasteiger partial charge in [0.1, 0.15) is 0 Å². The summed E-state index contributed by atoms with van der Waals surface area (Å²) < 4.78 is 0. The average Bonchev–Trinajstić information content (AvgIpc) is 2.16. The maximum atomic E-state index is 5.05. The van der Waals surface area contributed by atoms with Crippen molar-refractivity contribution in [1.82, 2.24) is 5.32 Å². The average molecular weight is 212 g/mol. The van der Waals surface area contributed by atoms with E-state index in [0.717, 1.165) is 18.0 Å². The molecule has 2 nitrogen and oxygen atoms in total. The molecule has 0 saturated carbocycles. The van der Waals surface area contributed by atoms with Crippen LogP contribution >= 0.6 is 24.8 Å². The zero-order chi connectivity index (χ0) is 9.52. The first kappa shape index (κ1) is 10.3. The molecule has 0 aliphatic heterocycles. The molecule has 0 aliphatic carbocycles. The van der Waals surface area contributed by atoms with Crippen LogP contribution in [0.15, 0.2) is 30.3 Å². The molecule has 1 aromatic carbocycles. The van der Waals surface area contributed by atoms with Crippen molar-refractivity contribution in [3.05, 3.63) is 30.3 Å². The predicted molar refractivity (Wildman–Crippen MR) is 64.5 cm³/mol. The molecule has 0 amide bonds. The smallest absolute Gasteiger partial charge is 0.170 e. The fourth-order valence-corrected chi connectivity index (χ4v) is 1.20. The van der Waals surface area contributed by atoms with E-state index < -0.39 is 0 Å². The van der Waals surface area contributed by atoms with Gasteiger partial charge in [0, 0.05) is 18.0 Å². The van der Waals surface area contributed by atoms with Gasteiger partial charge in [-0.05, 0) is 24.4 Å². The quantitative estimate of drug-likeness (QED) is 0.527. The monoisotopic (exact) mass is 212 g/mol. The molecule has 0 spiro atoms. The van der Waals surface area contributed by atoms with E-state index in [1.807, 2.05) is 30.3 Å². The van der Waals surface area contributed by atoms with Crippen LogP contribution in [0.2, 0.25) is 0 Å². The number of hydrogen-bond donors (Lipinski definition) is 3. The van der Waals surface area contributed by atoms with Crippen molar-refractivity contribution in [2.75, 3.05) is 17.6 Å². The molecule has 0 atom stereocenters. The second-order valence-electron chi connectivity index (χ2n) is 2.47. The van der Waals surface area contributed by atoms with Gasteiger partial charge < -0.3 is 10.6 Å². The zero-order valence-electron chi connectivity index (χ0n) is 7.16. The van der Waals surface area contributed by atoms with Crippen molar-refractivity contribution >= 4 is 35.6 Å². The Morgan fingerprint density at radius 1 is 1.31 bits per heavy atom. The van der Waals surface area contributed by atoms with Gasteiger partial charge in [-0.3, -0.25) is 0 Å². The molecular weight excluding hydrogens is 200 g/mol. The number of anilines is 1. The van der Waals surface area contributed by atoms with Gasteiger partial charge >= 0.3 is 0 Å². The molecular formula is C9H12N2S2. The van der Waals surface area contributed by atoms with Crippen LogP contribution < -0.4 is 10.6 Å². The molecule has 0 saturated heterocycles. The van der Waals surface area contributed by atoms with Crippen molar-refractivity contribution in [2.24, 2.45) is 0 Å². The maximum Gasteiger partial charge on any atom is 0.170 e. The van der Waals surface area contributed by atoms with Crippen LogP contribution in [0.4, 0.5) is 5.69 Å². The number of hydrogen-bond acceptors (Lipinski definition) is 2. The van der Waals surface area contributed by atoms with E-state index in [1.165, 1.54) is 0 Å². The molecule has 70 valence electrons. The Morgan fingerprint density at radius 2 is 2.00 bits per heavy atom. The normalized spacial score (nSPS) is 9.31. The summed E-state index contributed by atoms with van der Waals surface area (Å²) in [6.45, 7) is 0.780. The molecule has 1 rings (SSSR count). The lowest BCUT2D eigenvalue weighted by atomic mass is 10.3. The summed E-state index contributed by atoms with van der Waals surface area (Å²) in [6, 6.07) is 9.83. The van der Waals surface area contributed by atoms with Crippen LogP contribution in [0.5, 0.6) is 0 Å². The predicted octanol–water partition coefficient (Wildman–Crippen LogP) is 1.90. The molecule has 13 heavy (non-hydrogen) atoms. The van der Waals surface area contributed by atoms with Gasteiger partial charge in [-0.15, -0.1) is 0 Å². The first-order valence-electron chi connectivity index (χ1n) is 4.03. The molecule has 4 heteroatoms. The van der Waals surface area contributed by atoms with Crippen molar-refractivity contribution in [2.45, 2.75) is 0 Å². The molecule has 1 aromatic rings. The van der Waals surface area contributed by atoms with E-state index >= 15 is 0 Å². The molecule has 0 aliphatic rings. The summed E-state index contributed by atoms with van der Waals surface area (Å²) >= 11 is 9.12. The van der Waals surface area contributed by atoms with E-state index in [0.29, 0.717) is 5.11 Å². The number of thiocarbonyl (C=S) groups is 1. The van der Waals surface area contributed by atoms with E-state index in [-0.39, 0.29) is 0 Å². The third kappa shape index (κ3) is 4.15. The molecule has 0 heterocycles. The Balaban J connectivity index is 2.37. The minimum Gasteiger partial charge on any atom is -0.362 e. The van der Waals surface area contributed by atoms with Crippen LogP contribution in [0.25, 0.3) is 0 Å². The minimum atomic E-state index is 0.639. The number of rotatable bonds is 3. The van der Waals surface area contributed by atoms with E-state index in [2.05, 4.69) is 23.3 Å². The van der Waals surface area contributed by atoms with Crippen LogP contribution in [-0.4, -0.2) is 17.4 Å². The Kier molecular flexibility index (Phi) is 4.64. The molecule has 0 aromatic heterocycles. The second kappa shape index (κ2) is 5.83. The fraction of sp³-hybridized carbons (Fsp3) is 0.222. The van der Waals surface area contributed by atoms with E-state index in [4.69, 9.17) is 12.2 Å². The van der Waals surface area contributed by atoms with E-state index in [1.54, 1.807) is 0 Å². The molecule has 0 fully saturated rings. The number of nitrogens with one attached hydrogen (secondary N) is 2. The van der Waals surface area contributed by atoms with Crippen LogP contribution in [0.3, 0.4) is 0 Å². The number of benzene rings is 1. The summed E-state index contributed by atoms with van der Waals surface area (Å²) in [5.41, 5.74) is 0.999. The van der Waals surface area contributed by atoms with Gasteiger partial charge in [0.25, 0.3) is 0 Å². The van der Waals surface area contributed by atoms with Crippen molar-refractivity contribution in [3.63, 3.8) is 0 Å². The molecule has 0 bridgehead atoms. The van der Waals surface area contributed by atoms with Crippen molar-refractivity contribution in [1.29, 1.82) is 0 Å². The van der Waals surface area contributed by atoms with E-state index in [9.17, 15) is 0 Å². The Hall–Kier alpha value is -0.740. The summed E-state index contributed by atoms with van der Waals surface area (Å²) in [5.74, 6) is 0.774. The largest absolute Gasteiger partial charge is 0.362 e. The lowest BCUT2D eigenvalue weighted by molar-refractivity contribution is 0.993. The Labute approximate surface area is 89.1 Å². The highest BCUT2D eigenvalue weighted by molar-refractivity contribution is 7.80. The molecule has 2 N–H and O–H groups in total. The highest BCUT2D eigenvalue weighted by Gasteiger charge is 1.93. The SMILES string of the molecule is S=C(NCCS)Nc1ccccc1. The number of thiol groups is 1. The first-order valence-corrected chi connectivity index (χ1v) is 5.08. The summed E-state index contributed by atoms with van der Waals surface area (Å²) in [4.78, 5) is 0. The summed E-state index contributed by atoms with van der Waals surface area (Å²) in [7, 11) is 0. The first-order chi connectivity index (χ1) is 6.33. The standard InChI is InChI=1S/C9H12N2S2/c12-7-6-10-9(13)11-8-4-2-1-3-5-8/h1-5,12H,6-7H2,(H2,10,11,13). The topological polar surface area (TPSA) is 24.1 Å². The van der Waals surface area contributed by atoms with Gasteiger partial charge in [0.2, 0.25) is 0 Å². The maximum absolute atomic E-state index is 5.05. The molecule has 0 radical (unpaired) electrons. The van der Waals surface area contributed by atoms with Crippen LogP contribution in [0.1, 0.15) is 0 Å². The fourth-order valence-electron chi connectivity index (χ4n) is 0.866. The van der Waals surface area contributed by atoms with Gasteiger partial charge in [-0.25, -0.2) is 0 Å². The number of para-hydroxylation sites is 1. The van der Waals surface area contributed by atoms with Crippen LogP contribution in [-0.2, 0) is 0 Å². The Morgan fingerprint density at radius 3 is 2.62 bits per heavy atom. The van der Waals surface area contributed by atoms with Crippen LogP contribution in [0, 0.1) is 0 Å². The summed E-state index contributed by atoms with van der Waals surface area (Å²) in [6.07, 6.45) is 0. The lowest BCUT2D eigenvalue weighted by Crippen LogP contribution is -2.29. The van der Waals surface area contributed by atoms with Gasteiger partial charge in [-0.1, -0.05) is 18.2 Å². The highest BCUT2D eigenvalue weighted by Crippen LogP contribution is 2.03. The second-order valence-corrected chi connectivity index (χ2v) is 3.33. The minimum absolute atomic E-state index is 0.639. The third-order valence-corrected chi connectivity index (χ3v) is 1.90. The summed E-state index contributed by atoms with van der Waals surface area (Å²) in [5, 5.41) is 6.73. The van der Waals surface area contributed by atoms with Crippen molar-refractivity contribution in [3.8, 4) is 0 Å². The van der Waals surface area contributed by atoms with Gasteiger partial charge in [0.05, 0.1) is 0 Å².